The zero-order chi connectivity index (χ0) is 8.81. The Hall–Kier alpha value is -0.500. The highest BCUT2D eigenvalue weighted by atomic mass is 79.9. The molecule has 1 nitrogen and oxygen atoms in total. The molecule has 0 saturated heterocycles. The molecule has 1 aromatic carbocycles. The van der Waals surface area contributed by atoms with Gasteiger partial charge in [0.05, 0.1) is 6.61 Å². The first-order valence-electron chi connectivity index (χ1n) is 3.87. The van der Waals surface area contributed by atoms with Crippen molar-refractivity contribution < 1.29 is 4.74 Å². The molecule has 1 aromatic rings. The Kier molecular flexibility index (Phi) is 4.15. The van der Waals surface area contributed by atoms with Gasteiger partial charge in [-0.05, 0) is 31.0 Å². The molecule has 0 fully saturated rings. The van der Waals surface area contributed by atoms with Gasteiger partial charge in [-0.3, -0.25) is 0 Å². The average molecular weight is 227 g/mol. The lowest BCUT2D eigenvalue weighted by Gasteiger charge is -2.04. The van der Waals surface area contributed by atoms with Crippen LogP contribution < -0.4 is 4.74 Å². The minimum atomic E-state index is 0.731. The minimum Gasteiger partial charge on any atom is -0.494 e. The third kappa shape index (κ3) is 3.26. The molecule has 1 rings (SSSR count). The highest BCUT2D eigenvalue weighted by Gasteiger charge is 1.92. The van der Waals surface area contributed by atoms with Gasteiger partial charge < -0.3 is 4.74 Å². The SMILES string of the molecule is [CH]c1cccc(OCCCBr)c1. The summed E-state index contributed by atoms with van der Waals surface area (Å²) in [7, 11) is 0. The van der Waals surface area contributed by atoms with E-state index in [-0.39, 0.29) is 0 Å². The lowest BCUT2D eigenvalue weighted by atomic mass is 10.2. The van der Waals surface area contributed by atoms with Gasteiger partial charge in [0.15, 0.2) is 0 Å². The highest BCUT2D eigenvalue weighted by Crippen LogP contribution is 2.12. The molecule has 0 unspecified atom stereocenters. The summed E-state index contributed by atoms with van der Waals surface area (Å²) in [5, 5.41) is 0.968. The van der Waals surface area contributed by atoms with Crippen molar-refractivity contribution in [1.29, 1.82) is 0 Å². The van der Waals surface area contributed by atoms with E-state index in [2.05, 4.69) is 15.9 Å². The summed E-state index contributed by atoms with van der Waals surface area (Å²) in [6, 6.07) is 7.47. The van der Waals surface area contributed by atoms with E-state index >= 15 is 0 Å². The predicted molar refractivity (Wildman–Crippen MR) is 53.8 cm³/mol. The van der Waals surface area contributed by atoms with E-state index < -0.39 is 0 Å². The molecule has 0 spiro atoms. The van der Waals surface area contributed by atoms with E-state index in [4.69, 9.17) is 11.7 Å². The first kappa shape index (κ1) is 9.59. The smallest absolute Gasteiger partial charge is 0.119 e. The summed E-state index contributed by atoms with van der Waals surface area (Å²) in [5.41, 5.74) is 0.742. The lowest BCUT2D eigenvalue weighted by molar-refractivity contribution is 0.319. The van der Waals surface area contributed by atoms with Crippen LogP contribution in [0.4, 0.5) is 0 Å². The fourth-order valence-corrected chi connectivity index (χ4v) is 1.08. The van der Waals surface area contributed by atoms with Crippen molar-refractivity contribution in [2.75, 3.05) is 11.9 Å². The van der Waals surface area contributed by atoms with Crippen LogP contribution in [0.3, 0.4) is 0 Å². The van der Waals surface area contributed by atoms with Crippen LogP contribution in [-0.2, 0) is 0 Å². The van der Waals surface area contributed by atoms with Gasteiger partial charge in [0.25, 0.3) is 0 Å². The molecule has 2 heteroatoms. The molecule has 0 aliphatic heterocycles. The van der Waals surface area contributed by atoms with Crippen LogP contribution in [0.15, 0.2) is 24.3 Å². The van der Waals surface area contributed by atoms with E-state index in [1.165, 1.54) is 0 Å². The first-order chi connectivity index (χ1) is 5.83. The van der Waals surface area contributed by atoms with Gasteiger partial charge in [0.1, 0.15) is 5.75 Å². The van der Waals surface area contributed by atoms with Crippen molar-refractivity contribution in [3.05, 3.63) is 36.8 Å². The van der Waals surface area contributed by atoms with Crippen molar-refractivity contribution in [3.63, 3.8) is 0 Å². The van der Waals surface area contributed by atoms with Crippen molar-refractivity contribution in [1.82, 2.24) is 0 Å². The van der Waals surface area contributed by atoms with Crippen LogP contribution in [0.25, 0.3) is 0 Å². The quantitative estimate of drug-likeness (QED) is 0.567. The van der Waals surface area contributed by atoms with Gasteiger partial charge in [-0.15, -0.1) is 0 Å². The van der Waals surface area contributed by atoms with Crippen LogP contribution in [0, 0.1) is 6.92 Å². The van der Waals surface area contributed by atoms with Crippen LogP contribution >= 0.6 is 15.9 Å². The molecule has 0 N–H and O–H groups in total. The van der Waals surface area contributed by atoms with Crippen LogP contribution in [-0.4, -0.2) is 11.9 Å². The van der Waals surface area contributed by atoms with Crippen LogP contribution in [0.2, 0.25) is 0 Å². The molecule has 0 amide bonds. The Labute approximate surface area is 81.9 Å². The molecule has 0 aromatic heterocycles. The Morgan fingerprint density at radius 2 is 2.25 bits per heavy atom. The molecule has 2 radical (unpaired) electrons. The first-order valence-corrected chi connectivity index (χ1v) is 4.99. The molecule has 0 saturated carbocycles. The second-order valence-electron chi connectivity index (χ2n) is 2.46. The third-order valence-electron chi connectivity index (χ3n) is 1.40. The Balaban J connectivity index is 2.41. The number of halogens is 1. The Bertz CT molecular complexity index is 235. The number of hydrogen-bond acceptors (Lipinski definition) is 1. The van der Waals surface area contributed by atoms with Crippen LogP contribution in [0.1, 0.15) is 12.0 Å². The molecule has 0 aliphatic rings. The van der Waals surface area contributed by atoms with Gasteiger partial charge in [-0.1, -0.05) is 28.1 Å². The van der Waals surface area contributed by atoms with Crippen LogP contribution in [0.5, 0.6) is 5.75 Å². The van der Waals surface area contributed by atoms with E-state index in [9.17, 15) is 0 Å². The summed E-state index contributed by atoms with van der Waals surface area (Å²) in [5.74, 6) is 0.843. The number of hydrogen-bond donors (Lipinski definition) is 0. The number of ether oxygens (including phenoxy) is 1. The fraction of sp³-hybridized carbons (Fsp3) is 0.300. The maximum atomic E-state index is 5.57. The summed E-state index contributed by atoms with van der Waals surface area (Å²) < 4.78 is 5.42. The number of alkyl halides is 1. The number of benzene rings is 1. The van der Waals surface area contributed by atoms with Crippen molar-refractivity contribution >= 4 is 15.9 Å². The van der Waals surface area contributed by atoms with Crippen molar-refractivity contribution in [2.45, 2.75) is 6.42 Å². The van der Waals surface area contributed by atoms with Gasteiger partial charge in [-0.25, -0.2) is 0 Å². The predicted octanol–water partition coefficient (Wildman–Crippen LogP) is 2.91. The van der Waals surface area contributed by atoms with Gasteiger partial charge in [-0.2, -0.15) is 0 Å². The van der Waals surface area contributed by atoms with E-state index in [1.807, 2.05) is 24.3 Å². The average Bonchev–Trinajstić information content (AvgIpc) is 2.05. The van der Waals surface area contributed by atoms with Crippen molar-refractivity contribution in [3.8, 4) is 5.75 Å². The third-order valence-corrected chi connectivity index (χ3v) is 1.97. The summed E-state index contributed by atoms with van der Waals surface area (Å²) in [6.07, 6.45) is 1.01. The monoisotopic (exact) mass is 226 g/mol. The Morgan fingerprint density at radius 1 is 1.42 bits per heavy atom. The standard InChI is InChI=1S/C10H11BrO/c1-9-4-2-5-10(8-9)12-7-3-6-11/h1-2,4-5,8H,3,6-7H2. The second-order valence-corrected chi connectivity index (χ2v) is 3.26. The molecule has 64 valence electrons. The summed E-state index contributed by atoms with van der Waals surface area (Å²) in [4.78, 5) is 0. The maximum absolute atomic E-state index is 5.57. The lowest BCUT2D eigenvalue weighted by Crippen LogP contribution is -1.97. The summed E-state index contributed by atoms with van der Waals surface area (Å²) >= 11 is 3.33. The number of rotatable bonds is 4. The molecule has 0 bridgehead atoms. The zero-order valence-corrected chi connectivity index (χ0v) is 8.38. The molecule has 0 heterocycles. The van der Waals surface area contributed by atoms with Crippen molar-refractivity contribution in [2.24, 2.45) is 0 Å². The van der Waals surface area contributed by atoms with Gasteiger partial charge in [0.2, 0.25) is 0 Å². The molecular formula is C10H11BrO. The van der Waals surface area contributed by atoms with E-state index in [0.29, 0.717) is 0 Å². The topological polar surface area (TPSA) is 9.23 Å². The van der Waals surface area contributed by atoms with Gasteiger partial charge in [0, 0.05) is 5.33 Å². The molecule has 12 heavy (non-hydrogen) atoms. The summed E-state index contributed by atoms with van der Waals surface area (Å²) in [6.45, 7) is 6.30. The zero-order valence-electron chi connectivity index (χ0n) is 6.79. The largest absolute Gasteiger partial charge is 0.494 e. The van der Waals surface area contributed by atoms with Gasteiger partial charge >= 0.3 is 0 Å². The maximum Gasteiger partial charge on any atom is 0.119 e. The molecular weight excluding hydrogens is 216 g/mol. The molecule has 0 atom stereocenters. The van der Waals surface area contributed by atoms with E-state index in [0.717, 1.165) is 29.7 Å². The normalized spacial score (nSPS) is 9.83. The highest BCUT2D eigenvalue weighted by molar-refractivity contribution is 9.09. The Morgan fingerprint density at radius 3 is 2.92 bits per heavy atom. The minimum absolute atomic E-state index is 0.731. The fourth-order valence-electron chi connectivity index (χ4n) is 0.849. The second kappa shape index (κ2) is 5.20. The molecule has 0 aliphatic carbocycles. The van der Waals surface area contributed by atoms with E-state index in [1.54, 1.807) is 0 Å².